The monoisotopic (exact) mass is 289 g/mol. The lowest BCUT2D eigenvalue weighted by atomic mass is 9.95. The van der Waals surface area contributed by atoms with Gasteiger partial charge in [0.2, 0.25) is 11.8 Å². The lowest BCUT2D eigenvalue weighted by Gasteiger charge is -2.32. The number of nitrogens with two attached hydrogens (primary N) is 1. The molecule has 1 aliphatic heterocycles. The first kappa shape index (κ1) is 15.5. The number of likely N-dealkylation sites (tertiary alicyclic amines) is 1. The van der Waals surface area contributed by atoms with Gasteiger partial charge in [0.1, 0.15) is 0 Å². The van der Waals surface area contributed by atoms with Gasteiger partial charge in [-0.2, -0.15) is 0 Å². The van der Waals surface area contributed by atoms with Crippen LogP contribution in [0, 0.1) is 5.92 Å². The zero-order valence-electron chi connectivity index (χ0n) is 12.7. The number of nitrogens with zero attached hydrogens (tertiary/aromatic N) is 2. The van der Waals surface area contributed by atoms with Crippen molar-refractivity contribution in [2.24, 2.45) is 11.7 Å². The molecule has 5 heteroatoms. The van der Waals surface area contributed by atoms with Crippen molar-refractivity contribution in [2.45, 2.75) is 19.4 Å². The van der Waals surface area contributed by atoms with Crippen LogP contribution in [0.1, 0.15) is 28.8 Å². The van der Waals surface area contributed by atoms with Crippen LogP contribution in [0.3, 0.4) is 0 Å². The van der Waals surface area contributed by atoms with E-state index in [0.717, 1.165) is 38.0 Å². The minimum Gasteiger partial charge on any atom is -0.366 e. The summed E-state index contributed by atoms with van der Waals surface area (Å²) in [6, 6.07) is 7.41. The summed E-state index contributed by atoms with van der Waals surface area (Å²) in [5, 5.41) is 0. The molecule has 1 fully saturated rings. The molecule has 114 valence electrons. The van der Waals surface area contributed by atoms with E-state index in [1.54, 1.807) is 17.0 Å². The molecule has 1 aromatic carbocycles. The molecule has 0 saturated carbocycles. The molecule has 0 unspecified atom stereocenters. The van der Waals surface area contributed by atoms with Gasteiger partial charge in [0.05, 0.1) is 0 Å². The SMILES string of the molecule is CN(C)C(=O)C1CCN(Cc2ccc(C(N)=O)cc2)CC1. The molecule has 0 spiro atoms. The smallest absolute Gasteiger partial charge is 0.248 e. The fourth-order valence-electron chi connectivity index (χ4n) is 2.74. The standard InChI is InChI=1S/C16H23N3O2/c1-18(2)16(21)14-7-9-19(10-8-14)11-12-3-5-13(6-4-12)15(17)20/h3-6,14H,7-11H2,1-2H3,(H2,17,20). The Morgan fingerprint density at radius 1 is 1.19 bits per heavy atom. The number of hydrogen-bond acceptors (Lipinski definition) is 3. The van der Waals surface area contributed by atoms with Crippen LogP contribution in [0.4, 0.5) is 0 Å². The van der Waals surface area contributed by atoms with E-state index < -0.39 is 5.91 Å². The predicted octanol–water partition coefficient (Wildman–Crippen LogP) is 1.09. The van der Waals surface area contributed by atoms with Crippen molar-refractivity contribution in [1.82, 2.24) is 9.80 Å². The first-order chi connectivity index (χ1) is 9.97. The van der Waals surface area contributed by atoms with Crippen molar-refractivity contribution in [2.75, 3.05) is 27.2 Å². The Kier molecular flexibility index (Phi) is 4.96. The number of hydrogen-bond donors (Lipinski definition) is 1. The van der Waals surface area contributed by atoms with E-state index in [1.165, 1.54) is 0 Å². The van der Waals surface area contributed by atoms with E-state index in [2.05, 4.69) is 4.90 Å². The zero-order valence-corrected chi connectivity index (χ0v) is 12.7. The number of carbonyl (C=O) groups is 2. The van der Waals surface area contributed by atoms with Crippen molar-refractivity contribution in [3.8, 4) is 0 Å². The average molecular weight is 289 g/mol. The quantitative estimate of drug-likeness (QED) is 0.902. The molecule has 0 radical (unpaired) electrons. The van der Waals surface area contributed by atoms with E-state index in [-0.39, 0.29) is 11.8 Å². The van der Waals surface area contributed by atoms with Gasteiger partial charge in [-0.3, -0.25) is 14.5 Å². The highest BCUT2D eigenvalue weighted by molar-refractivity contribution is 5.92. The van der Waals surface area contributed by atoms with Crippen LogP contribution in [0.15, 0.2) is 24.3 Å². The Labute approximate surface area is 125 Å². The van der Waals surface area contributed by atoms with Crippen LogP contribution in [-0.2, 0) is 11.3 Å². The minimum absolute atomic E-state index is 0.161. The maximum atomic E-state index is 11.9. The summed E-state index contributed by atoms with van der Waals surface area (Å²) in [7, 11) is 3.63. The lowest BCUT2D eigenvalue weighted by Crippen LogP contribution is -2.39. The normalized spacial score (nSPS) is 16.7. The van der Waals surface area contributed by atoms with Crippen molar-refractivity contribution in [3.63, 3.8) is 0 Å². The van der Waals surface area contributed by atoms with Crippen LogP contribution in [0.2, 0.25) is 0 Å². The number of benzene rings is 1. The molecule has 2 N–H and O–H groups in total. The van der Waals surface area contributed by atoms with Gasteiger partial charge >= 0.3 is 0 Å². The van der Waals surface area contributed by atoms with E-state index in [1.807, 2.05) is 26.2 Å². The second-order valence-corrected chi connectivity index (χ2v) is 5.84. The molecule has 0 atom stereocenters. The number of rotatable bonds is 4. The van der Waals surface area contributed by atoms with Crippen molar-refractivity contribution in [3.05, 3.63) is 35.4 Å². The highest BCUT2D eigenvalue weighted by Gasteiger charge is 2.25. The molecule has 5 nitrogen and oxygen atoms in total. The zero-order chi connectivity index (χ0) is 15.4. The summed E-state index contributed by atoms with van der Waals surface area (Å²) in [5.74, 6) is -0.00138. The molecular formula is C16H23N3O2. The van der Waals surface area contributed by atoms with Gasteiger partial charge in [-0.05, 0) is 43.6 Å². The third kappa shape index (κ3) is 4.04. The van der Waals surface area contributed by atoms with E-state index >= 15 is 0 Å². The lowest BCUT2D eigenvalue weighted by molar-refractivity contribution is -0.134. The first-order valence-corrected chi connectivity index (χ1v) is 7.29. The van der Waals surface area contributed by atoms with Gasteiger partial charge in [-0.1, -0.05) is 12.1 Å². The molecule has 21 heavy (non-hydrogen) atoms. The third-order valence-electron chi connectivity index (χ3n) is 4.02. The Hall–Kier alpha value is -1.88. The topological polar surface area (TPSA) is 66.6 Å². The molecule has 1 saturated heterocycles. The summed E-state index contributed by atoms with van der Waals surface area (Å²) in [6.45, 7) is 2.71. The molecular weight excluding hydrogens is 266 g/mol. The van der Waals surface area contributed by atoms with Crippen LogP contribution < -0.4 is 5.73 Å². The van der Waals surface area contributed by atoms with Gasteiger partial charge in [0.25, 0.3) is 0 Å². The Balaban J connectivity index is 1.86. The Morgan fingerprint density at radius 2 is 1.76 bits per heavy atom. The minimum atomic E-state index is -0.399. The maximum Gasteiger partial charge on any atom is 0.248 e. The van der Waals surface area contributed by atoms with E-state index in [9.17, 15) is 9.59 Å². The first-order valence-electron chi connectivity index (χ1n) is 7.29. The number of carbonyl (C=O) groups excluding carboxylic acids is 2. The number of amides is 2. The summed E-state index contributed by atoms with van der Waals surface area (Å²) in [6.07, 6.45) is 1.83. The fraction of sp³-hybridized carbons (Fsp3) is 0.500. The van der Waals surface area contributed by atoms with Crippen LogP contribution in [0.25, 0.3) is 0 Å². The van der Waals surface area contributed by atoms with Crippen molar-refractivity contribution < 1.29 is 9.59 Å². The highest BCUT2D eigenvalue weighted by atomic mass is 16.2. The summed E-state index contributed by atoms with van der Waals surface area (Å²) in [5.41, 5.74) is 6.93. The fourth-order valence-corrected chi connectivity index (χ4v) is 2.74. The van der Waals surface area contributed by atoms with E-state index in [0.29, 0.717) is 5.56 Å². The summed E-state index contributed by atoms with van der Waals surface area (Å²) >= 11 is 0. The second kappa shape index (κ2) is 6.72. The molecule has 2 rings (SSSR count). The van der Waals surface area contributed by atoms with E-state index in [4.69, 9.17) is 5.73 Å². The van der Waals surface area contributed by atoms with Gasteiger partial charge in [0.15, 0.2) is 0 Å². The third-order valence-corrected chi connectivity index (χ3v) is 4.02. The van der Waals surface area contributed by atoms with Crippen LogP contribution >= 0.6 is 0 Å². The molecule has 0 aromatic heterocycles. The van der Waals surface area contributed by atoms with Crippen LogP contribution in [-0.4, -0.2) is 48.8 Å². The molecule has 2 amide bonds. The van der Waals surface area contributed by atoms with Crippen LogP contribution in [0.5, 0.6) is 0 Å². The summed E-state index contributed by atoms with van der Waals surface area (Å²) < 4.78 is 0. The maximum absolute atomic E-state index is 11.9. The number of primary amides is 1. The molecule has 0 bridgehead atoms. The molecule has 1 aromatic rings. The second-order valence-electron chi connectivity index (χ2n) is 5.84. The summed E-state index contributed by atoms with van der Waals surface area (Å²) in [4.78, 5) is 27.0. The van der Waals surface area contributed by atoms with Gasteiger partial charge in [-0.25, -0.2) is 0 Å². The highest BCUT2D eigenvalue weighted by Crippen LogP contribution is 2.20. The number of piperidine rings is 1. The van der Waals surface area contributed by atoms with Gasteiger partial charge < -0.3 is 10.6 Å². The molecule has 1 heterocycles. The molecule has 0 aliphatic carbocycles. The molecule has 1 aliphatic rings. The van der Waals surface area contributed by atoms with Gasteiger partial charge in [-0.15, -0.1) is 0 Å². The average Bonchev–Trinajstić information content (AvgIpc) is 2.47. The Morgan fingerprint density at radius 3 is 2.24 bits per heavy atom. The van der Waals surface area contributed by atoms with Crippen molar-refractivity contribution in [1.29, 1.82) is 0 Å². The Bertz CT molecular complexity index is 503. The van der Waals surface area contributed by atoms with Gasteiger partial charge in [0, 0.05) is 32.1 Å². The largest absolute Gasteiger partial charge is 0.366 e. The van der Waals surface area contributed by atoms with Crippen molar-refractivity contribution >= 4 is 11.8 Å². The predicted molar refractivity (Wildman–Crippen MR) is 81.7 cm³/mol.